The molecule has 0 spiro atoms. The summed E-state index contributed by atoms with van der Waals surface area (Å²) >= 11 is 3.94. The summed E-state index contributed by atoms with van der Waals surface area (Å²) in [7, 11) is 0. The molecule has 17 heavy (non-hydrogen) atoms. The van der Waals surface area contributed by atoms with Crippen LogP contribution in [0.25, 0.3) is 0 Å². The molecule has 0 amide bonds. The first-order valence-electron chi connectivity index (χ1n) is 6.08. The van der Waals surface area contributed by atoms with E-state index in [-0.39, 0.29) is 0 Å². The van der Waals surface area contributed by atoms with Crippen molar-refractivity contribution in [3.8, 4) is 0 Å². The average molecular weight is 271 g/mol. The normalized spacial score (nSPS) is 27.7. The molecular weight excluding hydrogens is 254 g/mol. The summed E-state index contributed by atoms with van der Waals surface area (Å²) in [6.45, 7) is 4.34. The summed E-state index contributed by atoms with van der Waals surface area (Å²) in [5.41, 5.74) is 0. The molecule has 2 aliphatic rings. The van der Waals surface area contributed by atoms with Gasteiger partial charge in [0.2, 0.25) is 5.89 Å². The summed E-state index contributed by atoms with van der Waals surface area (Å²) < 4.78 is 5.43. The molecule has 1 aromatic heterocycles. The molecule has 6 heteroatoms. The zero-order valence-corrected chi connectivity index (χ0v) is 11.5. The van der Waals surface area contributed by atoms with Gasteiger partial charge in [0.15, 0.2) is 5.82 Å². The predicted octanol–water partition coefficient (Wildman–Crippen LogP) is 1.91. The maximum absolute atomic E-state index is 5.43. The van der Waals surface area contributed by atoms with E-state index in [1.165, 1.54) is 11.5 Å². The van der Waals surface area contributed by atoms with Gasteiger partial charge in [0.1, 0.15) is 0 Å². The number of nitrogens with one attached hydrogen (secondary N) is 1. The highest BCUT2D eigenvalue weighted by Gasteiger charge is 2.30. The van der Waals surface area contributed by atoms with Crippen molar-refractivity contribution in [3.63, 3.8) is 0 Å². The van der Waals surface area contributed by atoms with Gasteiger partial charge >= 0.3 is 0 Å². The molecule has 0 aromatic carbocycles. The zero-order chi connectivity index (χ0) is 11.7. The Labute approximate surface area is 110 Å². The Morgan fingerprint density at radius 2 is 2.29 bits per heavy atom. The lowest BCUT2D eigenvalue weighted by atomic mass is 9.89. The summed E-state index contributed by atoms with van der Waals surface area (Å²) in [6.07, 6.45) is 0. The fourth-order valence-electron chi connectivity index (χ4n) is 2.07. The second-order valence-electron chi connectivity index (χ2n) is 4.63. The van der Waals surface area contributed by atoms with Crippen molar-refractivity contribution in [2.75, 3.05) is 30.3 Å². The van der Waals surface area contributed by atoms with E-state index in [0.717, 1.165) is 30.6 Å². The van der Waals surface area contributed by atoms with Gasteiger partial charge in [-0.1, -0.05) is 12.1 Å². The number of hydrogen-bond donors (Lipinski definition) is 1. The lowest BCUT2D eigenvalue weighted by Gasteiger charge is -2.30. The van der Waals surface area contributed by atoms with Gasteiger partial charge in [-0.25, -0.2) is 0 Å². The molecule has 0 aliphatic carbocycles. The van der Waals surface area contributed by atoms with Crippen LogP contribution in [0.5, 0.6) is 0 Å². The maximum Gasteiger partial charge on any atom is 0.229 e. The minimum atomic E-state index is 0.388. The van der Waals surface area contributed by atoms with Crippen LogP contribution in [0.3, 0.4) is 0 Å². The Morgan fingerprint density at radius 3 is 2.94 bits per heavy atom. The molecule has 94 valence electrons. The lowest BCUT2D eigenvalue weighted by molar-refractivity contribution is 0.252. The SMILES string of the molecule is CC(c1nc(C2CSCCS2)no1)C1CNC1. The summed E-state index contributed by atoms with van der Waals surface area (Å²) in [6, 6.07) is 0. The van der Waals surface area contributed by atoms with E-state index < -0.39 is 0 Å². The molecule has 0 radical (unpaired) electrons. The Hall–Kier alpha value is -0.200. The van der Waals surface area contributed by atoms with Crippen LogP contribution in [0.1, 0.15) is 29.8 Å². The van der Waals surface area contributed by atoms with Gasteiger partial charge in [-0.15, -0.1) is 11.8 Å². The topological polar surface area (TPSA) is 51.0 Å². The van der Waals surface area contributed by atoms with Crippen molar-refractivity contribution < 1.29 is 4.52 Å². The van der Waals surface area contributed by atoms with Crippen LogP contribution >= 0.6 is 23.5 Å². The number of aromatic nitrogens is 2. The first-order valence-corrected chi connectivity index (χ1v) is 8.28. The first-order chi connectivity index (χ1) is 8.34. The molecule has 2 aliphatic heterocycles. The number of hydrogen-bond acceptors (Lipinski definition) is 6. The molecule has 3 rings (SSSR count). The van der Waals surface area contributed by atoms with Crippen LogP contribution in [-0.2, 0) is 0 Å². The van der Waals surface area contributed by atoms with E-state index in [2.05, 4.69) is 22.4 Å². The summed E-state index contributed by atoms with van der Waals surface area (Å²) in [4.78, 5) is 4.60. The quantitative estimate of drug-likeness (QED) is 0.906. The van der Waals surface area contributed by atoms with Crippen LogP contribution in [0.4, 0.5) is 0 Å². The van der Waals surface area contributed by atoms with Crippen LogP contribution in [0, 0.1) is 5.92 Å². The molecule has 3 heterocycles. The Morgan fingerprint density at radius 1 is 1.41 bits per heavy atom. The molecular formula is C11H17N3OS2. The number of rotatable bonds is 3. The second kappa shape index (κ2) is 5.20. The van der Waals surface area contributed by atoms with E-state index in [0.29, 0.717) is 17.1 Å². The highest BCUT2D eigenvalue weighted by molar-refractivity contribution is 8.06. The maximum atomic E-state index is 5.43. The van der Waals surface area contributed by atoms with Gasteiger partial charge < -0.3 is 9.84 Å². The Kier molecular flexibility index (Phi) is 3.63. The highest BCUT2D eigenvalue weighted by atomic mass is 32.2. The fourth-order valence-corrected chi connectivity index (χ4v) is 4.66. The molecule has 0 bridgehead atoms. The van der Waals surface area contributed by atoms with E-state index in [4.69, 9.17) is 4.52 Å². The van der Waals surface area contributed by atoms with Crippen LogP contribution in [0.15, 0.2) is 4.52 Å². The standard InChI is InChI=1S/C11H17N3OS2/c1-7(8-4-12-5-8)11-13-10(14-15-11)9-6-16-2-3-17-9/h7-9,12H,2-6H2,1H3. The predicted molar refractivity (Wildman–Crippen MR) is 71.6 cm³/mol. The fraction of sp³-hybridized carbons (Fsp3) is 0.818. The van der Waals surface area contributed by atoms with Crippen molar-refractivity contribution in [1.82, 2.24) is 15.5 Å². The van der Waals surface area contributed by atoms with Crippen molar-refractivity contribution >= 4 is 23.5 Å². The molecule has 1 aromatic rings. The summed E-state index contributed by atoms with van der Waals surface area (Å²) in [5, 5.41) is 7.87. The minimum absolute atomic E-state index is 0.388. The van der Waals surface area contributed by atoms with Crippen LogP contribution in [0.2, 0.25) is 0 Å². The molecule has 1 N–H and O–H groups in total. The van der Waals surface area contributed by atoms with E-state index in [1.807, 2.05) is 23.5 Å². The first kappa shape index (κ1) is 11.9. The van der Waals surface area contributed by atoms with Crippen LogP contribution < -0.4 is 5.32 Å². The monoisotopic (exact) mass is 271 g/mol. The molecule has 2 saturated heterocycles. The minimum Gasteiger partial charge on any atom is -0.339 e. The third-order valence-corrected chi connectivity index (χ3v) is 6.22. The third kappa shape index (κ3) is 2.48. The molecule has 2 atom stereocenters. The van der Waals surface area contributed by atoms with Gasteiger partial charge in [0.25, 0.3) is 0 Å². The van der Waals surface area contributed by atoms with E-state index in [9.17, 15) is 0 Å². The molecule has 0 saturated carbocycles. The van der Waals surface area contributed by atoms with Gasteiger partial charge in [0.05, 0.1) is 5.25 Å². The van der Waals surface area contributed by atoms with Crippen molar-refractivity contribution in [3.05, 3.63) is 11.7 Å². The van der Waals surface area contributed by atoms with Gasteiger partial charge in [0, 0.05) is 23.2 Å². The third-order valence-electron chi connectivity index (χ3n) is 3.47. The van der Waals surface area contributed by atoms with Crippen molar-refractivity contribution in [1.29, 1.82) is 0 Å². The smallest absolute Gasteiger partial charge is 0.229 e. The molecule has 2 fully saturated rings. The van der Waals surface area contributed by atoms with Crippen molar-refractivity contribution in [2.45, 2.75) is 18.1 Å². The number of nitrogens with zero attached hydrogens (tertiary/aromatic N) is 2. The van der Waals surface area contributed by atoms with Gasteiger partial charge in [-0.05, 0) is 19.0 Å². The lowest BCUT2D eigenvalue weighted by Crippen LogP contribution is -2.44. The second-order valence-corrected chi connectivity index (χ2v) is 7.09. The van der Waals surface area contributed by atoms with Gasteiger partial charge in [-0.2, -0.15) is 16.7 Å². The van der Waals surface area contributed by atoms with Gasteiger partial charge in [-0.3, -0.25) is 0 Å². The summed E-state index contributed by atoms with van der Waals surface area (Å²) in [5.74, 6) is 6.33. The van der Waals surface area contributed by atoms with E-state index >= 15 is 0 Å². The average Bonchev–Trinajstić information content (AvgIpc) is 2.77. The zero-order valence-electron chi connectivity index (χ0n) is 9.89. The van der Waals surface area contributed by atoms with Crippen molar-refractivity contribution in [2.24, 2.45) is 5.92 Å². The Balaban J connectivity index is 1.68. The Bertz CT molecular complexity index is 358. The van der Waals surface area contributed by atoms with Crippen LogP contribution in [-0.4, -0.2) is 40.5 Å². The molecule has 4 nitrogen and oxygen atoms in total. The molecule has 2 unspecified atom stereocenters. The highest BCUT2D eigenvalue weighted by Crippen LogP contribution is 2.36. The van der Waals surface area contributed by atoms with E-state index in [1.54, 1.807) is 0 Å². The number of thioether (sulfide) groups is 2. The largest absolute Gasteiger partial charge is 0.339 e.